The van der Waals surface area contributed by atoms with Crippen molar-refractivity contribution in [2.45, 2.75) is 24.4 Å². The van der Waals surface area contributed by atoms with Crippen LogP contribution in [-0.4, -0.2) is 59.0 Å². The first-order chi connectivity index (χ1) is 17.9. The van der Waals surface area contributed by atoms with Gasteiger partial charge in [-0.15, -0.1) is 0 Å². The zero-order chi connectivity index (χ0) is 26.2. The Morgan fingerprint density at radius 3 is 2.51 bits per heavy atom. The molecule has 0 aromatic heterocycles. The second-order valence-electron chi connectivity index (χ2n) is 9.68. The SMILES string of the molecule is COc1ccccc1C1NC(Cc2ccc3ccccc3c2)(C(=O)O)C2C(=O)N(CCCSC)C(=O)C12. The first kappa shape index (κ1) is 25.3. The number of ether oxygens (including phenoxy) is 1. The molecule has 0 saturated carbocycles. The van der Waals surface area contributed by atoms with E-state index in [-0.39, 0.29) is 18.9 Å². The molecule has 0 bridgehead atoms. The minimum absolute atomic E-state index is 0.0671. The van der Waals surface area contributed by atoms with Gasteiger partial charge in [0.25, 0.3) is 0 Å². The van der Waals surface area contributed by atoms with Crippen molar-refractivity contribution in [2.24, 2.45) is 11.8 Å². The number of para-hydroxylation sites is 1. The first-order valence-corrected chi connectivity index (χ1v) is 13.8. The van der Waals surface area contributed by atoms with Gasteiger partial charge in [-0.3, -0.25) is 24.6 Å². The van der Waals surface area contributed by atoms with Gasteiger partial charge in [0.2, 0.25) is 11.8 Å². The molecule has 5 rings (SSSR count). The lowest BCUT2D eigenvalue weighted by Gasteiger charge is -2.31. The van der Waals surface area contributed by atoms with Gasteiger partial charge in [-0.25, -0.2) is 0 Å². The molecule has 2 aliphatic heterocycles. The second kappa shape index (κ2) is 10.2. The zero-order valence-electron chi connectivity index (χ0n) is 20.8. The minimum atomic E-state index is -1.65. The molecule has 192 valence electrons. The molecule has 0 aliphatic carbocycles. The molecule has 37 heavy (non-hydrogen) atoms. The Kier molecular flexibility index (Phi) is 6.96. The van der Waals surface area contributed by atoms with Crippen molar-refractivity contribution in [3.05, 3.63) is 77.9 Å². The Labute approximate surface area is 220 Å². The number of hydrogen-bond acceptors (Lipinski definition) is 6. The summed E-state index contributed by atoms with van der Waals surface area (Å²) in [7, 11) is 1.54. The van der Waals surface area contributed by atoms with Crippen LogP contribution in [0.5, 0.6) is 5.75 Å². The Morgan fingerprint density at radius 1 is 1.05 bits per heavy atom. The van der Waals surface area contributed by atoms with Crippen molar-refractivity contribution in [3.8, 4) is 5.75 Å². The Balaban J connectivity index is 1.61. The van der Waals surface area contributed by atoms with Crippen LogP contribution in [0.1, 0.15) is 23.6 Å². The highest BCUT2D eigenvalue weighted by atomic mass is 32.2. The van der Waals surface area contributed by atoms with Crippen LogP contribution in [0.25, 0.3) is 10.8 Å². The lowest BCUT2D eigenvalue weighted by Crippen LogP contribution is -2.57. The number of imide groups is 1. The summed E-state index contributed by atoms with van der Waals surface area (Å²) < 4.78 is 5.57. The molecule has 2 amide bonds. The standard InChI is InChI=1S/C29H30N2O5S/c1-36-22-11-6-5-10-21(22)25-23-24(27(33)31(26(23)32)14-7-15-37-2)29(30-25,28(34)35)17-18-12-13-19-8-3-4-9-20(19)16-18/h3-6,8-13,16,23-25,30H,7,14-15,17H2,1-2H3,(H,34,35). The quantitative estimate of drug-likeness (QED) is 0.328. The van der Waals surface area contributed by atoms with Crippen LogP contribution >= 0.6 is 11.8 Å². The third-order valence-corrected chi connectivity index (χ3v) is 8.33. The summed E-state index contributed by atoms with van der Waals surface area (Å²) in [5, 5.41) is 16.0. The summed E-state index contributed by atoms with van der Waals surface area (Å²) in [4.78, 5) is 41.9. The van der Waals surface area contributed by atoms with Crippen LogP contribution in [0, 0.1) is 11.8 Å². The highest BCUT2D eigenvalue weighted by Gasteiger charge is 2.68. The largest absolute Gasteiger partial charge is 0.496 e. The van der Waals surface area contributed by atoms with Crippen LogP contribution in [0.2, 0.25) is 0 Å². The predicted molar refractivity (Wildman–Crippen MR) is 144 cm³/mol. The number of fused-ring (bicyclic) bond motifs is 2. The fourth-order valence-electron chi connectivity index (χ4n) is 5.95. The van der Waals surface area contributed by atoms with E-state index in [9.17, 15) is 19.5 Å². The van der Waals surface area contributed by atoms with E-state index < -0.39 is 35.3 Å². The molecule has 2 saturated heterocycles. The molecule has 4 unspecified atom stereocenters. The topological polar surface area (TPSA) is 95.9 Å². The van der Waals surface area contributed by atoms with Gasteiger partial charge in [-0.2, -0.15) is 11.8 Å². The van der Waals surface area contributed by atoms with Crippen LogP contribution in [0.3, 0.4) is 0 Å². The molecular formula is C29H30N2O5S. The third kappa shape index (κ3) is 4.28. The molecule has 0 spiro atoms. The summed E-state index contributed by atoms with van der Waals surface area (Å²) >= 11 is 1.65. The highest BCUT2D eigenvalue weighted by molar-refractivity contribution is 7.98. The predicted octanol–water partition coefficient (Wildman–Crippen LogP) is 3.91. The number of likely N-dealkylation sites (tertiary alicyclic amines) is 1. The van der Waals surface area contributed by atoms with Gasteiger partial charge in [-0.1, -0.05) is 60.7 Å². The molecule has 2 fully saturated rings. The molecule has 3 aromatic rings. The van der Waals surface area contributed by atoms with E-state index in [1.165, 1.54) is 4.90 Å². The van der Waals surface area contributed by atoms with Crippen LogP contribution in [-0.2, 0) is 20.8 Å². The summed E-state index contributed by atoms with van der Waals surface area (Å²) in [5.74, 6) is -2.39. The maximum Gasteiger partial charge on any atom is 0.325 e. The summed E-state index contributed by atoms with van der Waals surface area (Å²) in [5.41, 5.74) is -0.192. The van der Waals surface area contributed by atoms with Crippen molar-refractivity contribution < 1.29 is 24.2 Å². The second-order valence-corrected chi connectivity index (χ2v) is 10.7. The molecule has 4 atom stereocenters. The van der Waals surface area contributed by atoms with Gasteiger partial charge in [0.1, 0.15) is 11.3 Å². The van der Waals surface area contributed by atoms with Crippen molar-refractivity contribution >= 4 is 40.3 Å². The highest BCUT2D eigenvalue weighted by Crippen LogP contribution is 2.51. The number of rotatable bonds is 9. The Hall–Kier alpha value is -3.36. The smallest absolute Gasteiger partial charge is 0.325 e. The third-order valence-electron chi connectivity index (χ3n) is 7.63. The minimum Gasteiger partial charge on any atom is -0.496 e. The molecule has 0 radical (unpaired) electrons. The Bertz CT molecular complexity index is 1360. The number of hydrogen-bond donors (Lipinski definition) is 2. The van der Waals surface area contributed by atoms with Gasteiger partial charge in [0.05, 0.1) is 18.9 Å². The lowest BCUT2D eigenvalue weighted by atomic mass is 9.76. The molecule has 8 heteroatoms. The van der Waals surface area contributed by atoms with Gasteiger partial charge in [-0.05, 0) is 40.8 Å². The zero-order valence-corrected chi connectivity index (χ0v) is 21.7. The number of carboxylic acid groups (broad SMARTS) is 1. The maximum atomic E-state index is 13.8. The van der Waals surface area contributed by atoms with Crippen molar-refractivity contribution in [3.63, 3.8) is 0 Å². The molecule has 2 N–H and O–H groups in total. The van der Waals surface area contributed by atoms with E-state index in [2.05, 4.69) is 5.32 Å². The van der Waals surface area contributed by atoms with E-state index in [0.717, 1.165) is 22.1 Å². The van der Waals surface area contributed by atoms with Crippen molar-refractivity contribution in [1.29, 1.82) is 0 Å². The number of aliphatic carboxylic acids is 1. The van der Waals surface area contributed by atoms with Crippen LogP contribution in [0.15, 0.2) is 66.7 Å². The molecule has 3 aromatic carbocycles. The number of nitrogens with one attached hydrogen (secondary N) is 1. The first-order valence-electron chi connectivity index (χ1n) is 12.4. The van der Waals surface area contributed by atoms with Gasteiger partial charge in [0.15, 0.2) is 0 Å². The van der Waals surface area contributed by atoms with E-state index in [4.69, 9.17) is 4.74 Å². The van der Waals surface area contributed by atoms with Gasteiger partial charge < -0.3 is 9.84 Å². The van der Waals surface area contributed by atoms with Gasteiger partial charge in [0, 0.05) is 24.6 Å². The van der Waals surface area contributed by atoms with E-state index in [1.807, 2.05) is 66.9 Å². The van der Waals surface area contributed by atoms with Gasteiger partial charge >= 0.3 is 5.97 Å². The molecule has 2 aliphatic rings. The maximum absolute atomic E-state index is 13.8. The monoisotopic (exact) mass is 518 g/mol. The van der Waals surface area contributed by atoms with Crippen LogP contribution in [0.4, 0.5) is 0 Å². The molecule has 7 nitrogen and oxygen atoms in total. The average Bonchev–Trinajstić information content (AvgIpc) is 3.38. The number of methoxy groups -OCH3 is 1. The number of benzene rings is 3. The fourth-order valence-corrected chi connectivity index (χ4v) is 6.36. The summed E-state index contributed by atoms with van der Waals surface area (Å²) in [6.45, 7) is 0.288. The molecule has 2 heterocycles. The summed E-state index contributed by atoms with van der Waals surface area (Å²) in [6, 6.07) is 20.3. The average molecular weight is 519 g/mol. The number of nitrogens with zero attached hydrogens (tertiary/aromatic N) is 1. The number of carbonyl (C=O) groups is 3. The van der Waals surface area contributed by atoms with E-state index in [1.54, 1.807) is 24.9 Å². The van der Waals surface area contributed by atoms with Crippen molar-refractivity contribution in [2.75, 3.05) is 25.7 Å². The normalized spacial score (nSPS) is 25.0. The number of carboxylic acids is 1. The van der Waals surface area contributed by atoms with E-state index >= 15 is 0 Å². The lowest BCUT2D eigenvalue weighted by molar-refractivity contribution is -0.151. The molecular weight excluding hydrogens is 488 g/mol. The fraction of sp³-hybridized carbons (Fsp3) is 0.345. The van der Waals surface area contributed by atoms with Crippen LogP contribution < -0.4 is 10.1 Å². The van der Waals surface area contributed by atoms with E-state index in [0.29, 0.717) is 17.7 Å². The van der Waals surface area contributed by atoms with Crippen molar-refractivity contribution in [1.82, 2.24) is 10.2 Å². The number of carbonyl (C=O) groups excluding carboxylic acids is 2. The number of thioether (sulfide) groups is 1. The summed E-state index contributed by atoms with van der Waals surface area (Å²) in [6.07, 6.45) is 2.70. The Morgan fingerprint density at radius 2 is 1.78 bits per heavy atom. The number of amides is 2.